The first kappa shape index (κ1) is 35.4. The number of halogens is 2. The van der Waals surface area contributed by atoms with E-state index >= 15 is 0 Å². The van der Waals surface area contributed by atoms with Crippen LogP contribution in [-0.2, 0) is 41.2 Å². The molecule has 1 aliphatic carbocycles. The number of carbonyl (C=O) groups excluding carboxylic acids is 1. The van der Waals surface area contributed by atoms with E-state index in [2.05, 4.69) is 10.0 Å². The van der Waals surface area contributed by atoms with E-state index in [0.29, 0.717) is 44.4 Å². The highest BCUT2D eigenvalue weighted by Gasteiger charge is 2.53. The van der Waals surface area contributed by atoms with Gasteiger partial charge in [-0.25, -0.2) is 12.8 Å². The molecule has 0 bridgehead atoms. The summed E-state index contributed by atoms with van der Waals surface area (Å²) in [4.78, 5) is 13.1. The average molecular weight is 713 g/mol. The molecule has 1 saturated heterocycles. The van der Waals surface area contributed by atoms with Crippen LogP contribution in [0.5, 0.6) is 0 Å². The average Bonchev–Trinajstić information content (AvgIpc) is 3.75. The molecule has 260 valence electrons. The Hall–Kier alpha value is -3.46. The predicted octanol–water partition coefficient (Wildman–Crippen LogP) is 6.49. The SMILES string of the molecule is CNC(=O)c1c(-c2ccc(F)cc2)oc2cc(NS(=O)(=O)Cc3cc(Cl)c(B4OC(C)(C)C(C)(C)O4)c(COCOC)c3)c(C3CC3)cc12. The number of hydrogen-bond donors (Lipinski definition) is 2. The zero-order valence-electron chi connectivity index (χ0n) is 28.2. The fraction of sp³-hybridized carbons (Fsp3) is 0.400. The monoisotopic (exact) mass is 712 g/mol. The molecule has 1 amide bonds. The molecule has 4 aromatic rings. The van der Waals surface area contributed by atoms with E-state index in [1.807, 2.05) is 33.8 Å². The second kappa shape index (κ2) is 13.3. The largest absolute Gasteiger partial charge is 0.496 e. The van der Waals surface area contributed by atoms with Crippen LogP contribution in [0.15, 0.2) is 52.9 Å². The van der Waals surface area contributed by atoms with Gasteiger partial charge in [-0.2, -0.15) is 0 Å². The number of sulfonamides is 1. The van der Waals surface area contributed by atoms with E-state index in [9.17, 15) is 17.6 Å². The van der Waals surface area contributed by atoms with Gasteiger partial charge in [0, 0.05) is 41.7 Å². The van der Waals surface area contributed by atoms with Crippen LogP contribution >= 0.6 is 11.6 Å². The van der Waals surface area contributed by atoms with Crippen molar-refractivity contribution in [3.63, 3.8) is 0 Å². The van der Waals surface area contributed by atoms with Crippen LogP contribution in [-0.4, -0.2) is 53.6 Å². The summed E-state index contributed by atoms with van der Waals surface area (Å²) >= 11 is 6.83. The number of methoxy groups -OCH3 is 1. The summed E-state index contributed by atoms with van der Waals surface area (Å²) < 4.78 is 73.5. The van der Waals surface area contributed by atoms with Gasteiger partial charge in [0.15, 0.2) is 0 Å². The van der Waals surface area contributed by atoms with Gasteiger partial charge >= 0.3 is 7.12 Å². The second-order valence-electron chi connectivity index (χ2n) is 13.5. The first-order chi connectivity index (χ1) is 23.1. The van der Waals surface area contributed by atoms with Gasteiger partial charge in [-0.15, -0.1) is 0 Å². The third kappa shape index (κ3) is 7.24. The zero-order valence-corrected chi connectivity index (χ0v) is 29.8. The Morgan fingerprint density at radius 3 is 2.35 bits per heavy atom. The van der Waals surface area contributed by atoms with E-state index in [4.69, 9.17) is 34.8 Å². The number of carbonyl (C=O) groups is 1. The maximum atomic E-state index is 13.8. The Morgan fingerprint density at radius 1 is 1.06 bits per heavy atom. The molecule has 2 heterocycles. The molecule has 0 radical (unpaired) electrons. The number of fused-ring (bicyclic) bond motifs is 1. The highest BCUT2D eigenvalue weighted by atomic mass is 35.5. The maximum absolute atomic E-state index is 13.8. The third-order valence-electron chi connectivity index (χ3n) is 9.28. The van der Waals surface area contributed by atoms with Gasteiger partial charge in [0.25, 0.3) is 5.91 Å². The first-order valence-corrected chi connectivity index (χ1v) is 18.0. The van der Waals surface area contributed by atoms with Gasteiger partial charge in [0.2, 0.25) is 10.0 Å². The Labute approximate surface area is 290 Å². The zero-order chi connectivity index (χ0) is 35.3. The van der Waals surface area contributed by atoms with Crippen molar-refractivity contribution >= 4 is 56.8 Å². The van der Waals surface area contributed by atoms with Crippen molar-refractivity contribution in [2.45, 2.75) is 70.0 Å². The van der Waals surface area contributed by atoms with Crippen molar-refractivity contribution < 1.29 is 40.8 Å². The Morgan fingerprint density at radius 2 is 1.73 bits per heavy atom. The van der Waals surface area contributed by atoms with Gasteiger partial charge in [0.05, 0.1) is 34.8 Å². The molecule has 1 aliphatic heterocycles. The number of anilines is 1. The number of amides is 1. The maximum Gasteiger partial charge on any atom is 0.496 e. The molecule has 6 rings (SSSR count). The van der Waals surface area contributed by atoms with Gasteiger partial charge in [-0.1, -0.05) is 17.7 Å². The predicted molar refractivity (Wildman–Crippen MR) is 187 cm³/mol. The molecular formula is C35H39BClFN2O8S. The molecule has 0 unspecified atom stereocenters. The Balaban J connectivity index is 1.35. The number of rotatable bonds is 12. The highest BCUT2D eigenvalue weighted by Crippen LogP contribution is 2.47. The molecule has 14 heteroatoms. The summed E-state index contributed by atoms with van der Waals surface area (Å²) in [5, 5.41) is 3.47. The van der Waals surface area contributed by atoms with E-state index in [0.717, 1.165) is 18.4 Å². The summed E-state index contributed by atoms with van der Waals surface area (Å²) in [6.07, 6.45) is 1.75. The minimum atomic E-state index is -3.99. The molecule has 0 spiro atoms. The van der Waals surface area contributed by atoms with E-state index in [1.165, 1.54) is 38.4 Å². The number of benzene rings is 3. The summed E-state index contributed by atoms with van der Waals surface area (Å²) in [7, 11) is -1.75. The van der Waals surface area contributed by atoms with Crippen molar-refractivity contribution in [1.29, 1.82) is 0 Å². The lowest BCUT2D eigenvalue weighted by Crippen LogP contribution is -2.41. The highest BCUT2D eigenvalue weighted by molar-refractivity contribution is 7.91. The van der Waals surface area contributed by atoms with Crippen molar-refractivity contribution in [2.24, 2.45) is 0 Å². The quantitative estimate of drug-likeness (QED) is 0.0971. The Kier molecular flexibility index (Phi) is 9.64. The van der Waals surface area contributed by atoms with Crippen LogP contribution in [0.25, 0.3) is 22.3 Å². The van der Waals surface area contributed by atoms with E-state index in [-0.39, 0.29) is 36.0 Å². The summed E-state index contributed by atoms with van der Waals surface area (Å²) in [6.45, 7) is 7.86. The van der Waals surface area contributed by atoms with Crippen LogP contribution in [0, 0.1) is 5.82 Å². The van der Waals surface area contributed by atoms with Crippen molar-refractivity contribution in [3.05, 3.63) is 81.6 Å². The van der Waals surface area contributed by atoms with Gasteiger partial charge in [-0.05, 0) is 99.5 Å². The standard InChI is InChI=1S/C35H39BClFN2O8S/c1-34(2)35(3,4)48-36(47-34)31-23(17-45-19-44-6)13-20(14-27(31)37)18-49(42,43)40-28-16-29-26(15-25(28)21-7-8-21)30(33(41)39-5)32(46-29)22-9-11-24(38)12-10-22/h9-16,21,40H,7-8,17-19H2,1-6H3,(H,39,41). The summed E-state index contributed by atoms with van der Waals surface area (Å²) in [5.41, 5.74) is 2.61. The van der Waals surface area contributed by atoms with Crippen LogP contribution < -0.4 is 15.5 Å². The smallest absolute Gasteiger partial charge is 0.455 e. The molecule has 2 fully saturated rings. The summed E-state index contributed by atoms with van der Waals surface area (Å²) in [6, 6.07) is 12.4. The third-order valence-corrected chi connectivity index (χ3v) is 10.8. The van der Waals surface area contributed by atoms with Gasteiger partial charge < -0.3 is 28.5 Å². The van der Waals surface area contributed by atoms with Crippen LogP contribution in [0.4, 0.5) is 10.1 Å². The van der Waals surface area contributed by atoms with Gasteiger partial charge in [0.1, 0.15) is 24.0 Å². The molecule has 2 aliphatic rings. The molecule has 3 aromatic carbocycles. The topological polar surface area (TPSA) is 125 Å². The normalized spacial score (nSPS) is 17.1. The van der Waals surface area contributed by atoms with Crippen LogP contribution in [0.1, 0.15) is 73.5 Å². The molecule has 2 N–H and O–H groups in total. The minimum absolute atomic E-state index is 0.0220. The van der Waals surface area contributed by atoms with Crippen molar-refractivity contribution in [2.75, 3.05) is 25.7 Å². The Bertz CT molecular complexity index is 2000. The molecule has 1 saturated carbocycles. The van der Waals surface area contributed by atoms with E-state index in [1.54, 1.807) is 18.2 Å². The first-order valence-electron chi connectivity index (χ1n) is 16.0. The second-order valence-corrected chi connectivity index (χ2v) is 15.6. The number of hydrogen-bond acceptors (Lipinski definition) is 8. The van der Waals surface area contributed by atoms with Crippen molar-refractivity contribution in [1.82, 2.24) is 5.32 Å². The molecule has 1 aromatic heterocycles. The number of furan rings is 1. The molecule has 10 nitrogen and oxygen atoms in total. The molecule has 0 atom stereocenters. The molecular weight excluding hydrogens is 674 g/mol. The molecule has 49 heavy (non-hydrogen) atoms. The van der Waals surface area contributed by atoms with Crippen LogP contribution in [0.2, 0.25) is 5.02 Å². The fourth-order valence-corrected chi connectivity index (χ4v) is 7.50. The lowest BCUT2D eigenvalue weighted by Gasteiger charge is -2.32. The fourth-order valence-electron chi connectivity index (χ4n) is 5.96. The van der Waals surface area contributed by atoms with E-state index < -0.39 is 39.9 Å². The lowest BCUT2D eigenvalue weighted by atomic mass is 9.75. The number of nitrogens with one attached hydrogen (secondary N) is 2. The van der Waals surface area contributed by atoms with Gasteiger partial charge in [-0.3, -0.25) is 9.52 Å². The lowest BCUT2D eigenvalue weighted by molar-refractivity contribution is -0.0389. The minimum Gasteiger partial charge on any atom is -0.455 e. The van der Waals surface area contributed by atoms with Crippen molar-refractivity contribution in [3.8, 4) is 11.3 Å². The summed E-state index contributed by atoms with van der Waals surface area (Å²) in [5.74, 6) is -0.816. The number of ether oxygens (including phenoxy) is 2. The van der Waals surface area contributed by atoms with Crippen LogP contribution in [0.3, 0.4) is 0 Å².